The molecule has 1 rings (SSSR count). The van der Waals surface area contributed by atoms with Gasteiger partial charge in [0.25, 0.3) is 0 Å². The van der Waals surface area contributed by atoms with Crippen LogP contribution < -0.4 is 5.48 Å². The van der Waals surface area contributed by atoms with Crippen LogP contribution >= 0.6 is 0 Å². The predicted molar refractivity (Wildman–Crippen MR) is 75.3 cm³/mol. The first kappa shape index (κ1) is 15.3. The smallest absolute Gasteiger partial charge is 0.410 e. The zero-order chi connectivity index (χ0) is 14.5. The van der Waals surface area contributed by atoms with Gasteiger partial charge in [-0.1, -0.05) is 24.8 Å². The van der Waals surface area contributed by atoms with E-state index < -0.39 is 5.60 Å². The summed E-state index contributed by atoms with van der Waals surface area (Å²) in [6.07, 6.45) is 5.29. The monoisotopic (exact) mass is 265 g/mol. The molecule has 1 aliphatic heterocycles. The molecule has 5 nitrogen and oxygen atoms in total. The van der Waals surface area contributed by atoms with Gasteiger partial charge in [0.05, 0.1) is 6.54 Å². The van der Waals surface area contributed by atoms with Crippen molar-refractivity contribution in [3.05, 3.63) is 41.3 Å². The molecule has 0 saturated carbocycles. The minimum absolute atomic E-state index is 0.359. The van der Waals surface area contributed by atoms with Crippen molar-refractivity contribution in [1.29, 1.82) is 0 Å². The minimum Gasteiger partial charge on any atom is -0.761 e. The number of ether oxygens (including phenoxy) is 1. The Bertz CT molecular complexity index is 405. The molecule has 0 unspecified atom stereocenters. The van der Waals surface area contributed by atoms with E-state index in [0.717, 1.165) is 5.57 Å². The first-order chi connectivity index (χ1) is 8.87. The van der Waals surface area contributed by atoms with Gasteiger partial charge in [0.1, 0.15) is 5.60 Å². The number of carbonyl (C=O) groups is 1. The van der Waals surface area contributed by atoms with Gasteiger partial charge >= 0.3 is 6.09 Å². The molecule has 0 bridgehead atoms. The van der Waals surface area contributed by atoms with Crippen molar-refractivity contribution in [2.75, 3.05) is 13.1 Å². The van der Waals surface area contributed by atoms with Crippen LogP contribution in [0.15, 0.2) is 36.1 Å². The van der Waals surface area contributed by atoms with Crippen LogP contribution in [0.1, 0.15) is 27.2 Å². The predicted octanol–water partition coefficient (Wildman–Crippen LogP) is 2.71. The van der Waals surface area contributed by atoms with Gasteiger partial charge in [-0.3, -0.25) is 0 Å². The summed E-state index contributed by atoms with van der Waals surface area (Å²) in [7, 11) is 0. The van der Waals surface area contributed by atoms with Crippen molar-refractivity contribution >= 4 is 6.09 Å². The number of amides is 1. The highest BCUT2D eigenvalue weighted by Crippen LogP contribution is 2.19. The van der Waals surface area contributed by atoms with Gasteiger partial charge in [-0.2, -0.15) is 0 Å². The van der Waals surface area contributed by atoms with Crippen molar-refractivity contribution in [3.8, 4) is 0 Å². The summed E-state index contributed by atoms with van der Waals surface area (Å²) in [4.78, 5) is 13.6. The van der Waals surface area contributed by atoms with Gasteiger partial charge in [-0.05, 0) is 26.3 Å². The van der Waals surface area contributed by atoms with Crippen molar-refractivity contribution < 1.29 is 9.53 Å². The Morgan fingerprint density at radius 3 is 2.74 bits per heavy atom. The number of nitrogens with zero attached hydrogens (tertiary/aromatic N) is 1. The molecule has 19 heavy (non-hydrogen) atoms. The third-order valence-corrected chi connectivity index (χ3v) is 2.59. The van der Waals surface area contributed by atoms with E-state index >= 15 is 0 Å². The average molecular weight is 265 g/mol. The molecule has 1 heterocycles. The zero-order valence-electron chi connectivity index (χ0n) is 11.7. The van der Waals surface area contributed by atoms with Crippen LogP contribution in [0.2, 0.25) is 0 Å². The number of carbonyl (C=O) groups excluding carboxylic acids is 1. The van der Waals surface area contributed by atoms with Gasteiger partial charge in [-0.25, -0.2) is 4.79 Å². The molecule has 1 aliphatic rings. The van der Waals surface area contributed by atoms with E-state index in [2.05, 4.69) is 6.58 Å². The van der Waals surface area contributed by atoms with Gasteiger partial charge in [0.15, 0.2) is 0 Å². The molecular formula is C14H21N2O3-. The lowest BCUT2D eigenvalue weighted by atomic mass is 10.1. The van der Waals surface area contributed by atoms with Crippen molar-refractivity contribution in [2.24, 2.45) is 0 Å². The van der Waals surface area contributed by atoms with Crippen molar-refractivity contribution in [1.82, 2.24) is 10.4 Å². The summed E-state index contributed by atoms with van der Waals surface area (Å²) < 4.78 is 5.32. The second-order valence-corrected chi connectivity index (χ2v) is 5.35. The molecule has 5 heteroatoms. The molecule has 0 aromatic rings. The normalized spacial score (nSPS) is 16.7. The molecule has 106 valence electrons. The van der Waals surface area contributed by atoms with Gasteiger partial charge in [0, 0.05) is 18.7 Å². The Balaban J connectivity index is 2.77. The number of hydrogen-bond donors (Lipinski definition) is 1. The lowest BCUT2D eigenvalue weighted by Gasteiger charge is -2.33. The van der Waals surface area contributed by atoms with Crippen LogP contribution in [0.4, 0.5) is 4.79 Å². The lowest BCUT2D eigenvalue weighted by Crippen LogP contribution is -2.41. The standard InChI is InChI=1S/C14H21N2O3/c1-5-6-7-11-10-16(9-8-12(11)15-18)13(17)19-14(2,3)4/h5-7,15H,1,8-10H2,2-4H3/q-1/b7-6-. The largest absolute Gasteiger partial charge is 0.761 e. The number of hydroxylamine groups is 1. The molecule has 1 amide bonds. The summed E-state index contributed by atoms with van der Waals surface area (Å²) in [5.41, 5.74) is 2.81. The number of allylic oxidation sites excluding steroid dienone is 2. The van der Waals surface area contributed by atoms with E-state index in [1.54, 1.807) is 23.1 Å². The van der Waals surface area contributed by atoms with Gasteiger partial charge in [0.2, 0.25) is 0 Å². The summed E-state index contributed by atoms with van der Waals surface area (Å²) in [6, 6.07) is 0. The third kappa shape index (κ3) is 4.79. The van der Waals surface area contributed by atoms with E-state index in [9.17, 15) is 10.0 Å². The fraction of sp³-hybridized carbons (Fsp3) is 0.500. The average Bonchev–Trinajstić information content (AvgIpc) is 2.33. The molecule has 0 aromatic carbocycles. The third-order valence-electron chi connectivity index (χ3n) is 2.59. The molecular weight excluding hydrogens is 244 g/mol. The molecule has 0 atom stereocenters. The minimum atomic E-state index is -0.519. The zero-order valence-corrected chi connectivity index (χ0v) is 11.7. The van der Waals surface area contributed by atoms with Gasteiger partial charge < -0.3 is 20.3 Å². The van der Waals surface area contributed by atoms with Crippen LogP contribution in [0, 0.1) is 5.21 Å². The van der Waals surface area contributed by atoms with Gasteiger partial charge in [-0.15, -0.1) is 0 Å². The highest BCUT2D eigenvalue weighted by molar-refractivity contribution is 5.69. The SMILES string of the molecule is C=C/C=C\C1=C(N[O-])CCN(C(=O)OC(C)(C)C)C1. The quantitative estimate of drug-likeness (QED) is 0.629. The maximum atomic E-state index is 12.0. The van der Waals surface area contributed by atoms with E-state index in [1.807, 2.05) is 26.3 Å². The Kier molecular flexibility index (Phi) is 5.18. The molecule has 0 aliphatic carbocycles. The summed E-state index contributed by atoms with van der Waals surface area (Å²) in [6.45, 7) is 9.91. The second kappa shape index (κ2) is 6.43. The first-order valence-electron chi connectivity index (χ1n) is 6.24. The van der Waals surface area contributed by atoms with Crippen LogP contribution in [0.25, 0.3) is 0 Å². The number of hydrogen-bond acceptors (Lipinski definition) is 4. The lowest BCUT2D eigenvalue weighted by molar-refractivity contribution is 0.0260. The van der Waals surface area contributed by atoms with E-state index in [0.29, 0.717) is 25.2 Å². The fourth-order valence-electron chi connectivity index (χ4n) is 1.72. The molecule has 0 aromatic heterocycles. The van der Waals surface area contributed by atoms with Crippen LogP contribution in [0.3, 0.4) is 0 Å². The van der Waals surface area contributed by atoms with E-state index in [1.165, 1.54) is 0 Å². The highest BCUT2D eigenvalue weighted by atomic mass is 16.6. The summed E-state index contributed by atoms with van der Waals surface area (Å²) >= 11 is 0. The second-order valence-electron chi connectivity index (χ2n) is 5.35. The fourth-order valence-corrected chi connectivity index (χ4v) is 1.72. The van der Waals surface area contributed by atoms with Crippen LogP contribution in [0.5, 0.6) is 0 Å². The Morgan fingerprint density at radius 1 is 1.53 bits per heavy atom. The van der Waals surface area contributed by atoms with Crippen LogP contribution in [-0.4, -0.2) is 29.7 Å². The van der Waals surface area contributed by atoms with Crippen molar-refractivity contribution in [3.63, 3.8) is 0 Å². The van der Waals surface area contributed by atoms with E-state index in [-0.39, 0.29) is 6.09 Å². The first-order valence-corrected chi connectivity index (χ1v) is 6.24. The maximum absolute atomic E-state index is 12.0. The number of nitrogens with one attached hydrogen (secondary N) is 1. The molecule has 1 N–H and O–H groups in total. The Hall–Kier alpha value is -1.75. The maximum Gasteiger partial charge on any atom is 0.410 e. The Morgan fingerprint density at radius 2 is 2.21 bits per heavy atom. The van der Waals surface area contributed by atoms with Crippen molar-refractivity contribution in [2.45, 2.75) is 32.8 Å². The topological polar surface area (TPSA) is 64.6 Å². The molecule has 0 saturated heterocycles. The Labute approximate surface area is 114 Å². The molecule has 0 spiro atoms. The molecule has 0 fully saturated rings. The number of rotatable bonds is 3. The highest BCUT2D eigenvalue weighted by Gasteiger charge is 2.25. The molecule has 0 radical (unpaired) electrons. The summed E-state index contributed by atoms with van der Waals surface area (Å²) in [5, 5.41) is 10.9. The van der Waals surface area contributed by atoms with Crippen LogP contribution in [-0.2, 0) is 4.74 Å². The van der Waals surface area contributed by atoms with E-state index in [4.69, 9.17) is 4.74 Å². The summed E-state index contributed by atoms with van der Waals surface area (Å²) in [5.74, 6) is 0.